The maximum atomic E-state index is 6.01. The molecule has 1 N–H and O–H groups in total. The first-order valence-corrected chi connectivity index (χ1v) is 6.96. The van der Waals surface area contributed by atoms with E-state index in [-0.39, 0.29) is 17.6 Å². The van der Waals surface area contributed by atoms with Gasteiger partial charge in [0.1, 0.15) is 5.75 Å². The molecule has 1 aliphatic heterocycles. The summed E-state index contributed by atoms with van der Waals surface area (Å²) in [5, 5.41) is 3.41. The van der Waals surface area contributed by atoms with Gasteiger partial charge in [0.15, 0.2) is 0 Å². The van der Waals surface area contributed by atoms with Crippen LogP contribution in [-0.2, 0) is 10.2 Å². The minimum Gasteiger partial charge on any atom is -0.496 e. The van der Waals surface area contributed by atoms with Gasteiger partial charge in [-0.15, -0.1) is 0 Å². The van der Waals surface area contributed by atoms with E-state index in [0.717, 1.165) is 18.8 Å². The molecule has 3 nitrogen and oxygen atoms in total. The first kappa shape index (κ1) is 14.4. The molecule has 2 rings (SSSR count). The molecular formula is C16H25NO2. The lowest BCUT2D eigenvalue weighted by molar-refractivity contribution is -0.0287. The van der Waals surface area contributed by atoms with Crippen molar-refractivity contribution in [3.8, 4) is 5.75 Å². The summed E-state index contributed by atoms with van der Waals surface area (Å²) in [5.41, 5.74) is 2.52. The molecule has 0 saturated carbocycles. The van der Waals surface area contributed by atoms with Crippen LogP contribution in [0.15, 0.2) is 18.2 Å². The highest BCUT2D eigenvalue weighted by molar-refractivity contribution is 5.42. The van der Waals surface area contributed by atoms with Crippen LogP contribution in [0.4, 0.5) is 0 Å². The summed E-state index contributed by atoms with van der Waals surface area (Å²) in [6, 6.07) is 6.39. The molecule has 2 unspecified atom stereocenters. The molecule has 1 aromatic rings. The van der Waals surface area contributed by atoms with Crippen molar-refractivity contribution in [1.29, 1.82) is 0 Å². The third-order valence-corrected chi connectivity index (χ3v) is 3.56. The summed E-state index contributed by atoms with van der Waals surface area (Å²) in [7, 11) is 1.73. The van der Waals surface area contributed by atoms with Gasteiger partial charge in [-0.1, -0.05) is 26.8 Å². The van der Waals surface area contributed by atoms with Gasteiger partial charge in [0.25, 0.3) is 0 Å². The van der Waals surface area contributed by atoms with Crippen LogP contribution in [-0.4, -0.2) is 26.3 Å². The molecule has 1 saturated heterocycles. The molecule has 2 atom stereocenters. The normalized spacial score (nSPS) is 24.3. The summed E-state index contributed by atoms with van der Waals surface area (Å²) in [6.45, 7) is 10.5. The summed E-state index contributed by atoms with van der Waals surface area (Å²) >= 11 is 0. The Morgan fingerprint density at radius 3 is 2.58 bits per heavy atom. The molecule has 1 fully saturated rings. The number of benzene rings is 1. The number of rotatable bonds is 2. The third kappa shape index (κ3) is 3.28. The average molecular weight is 263 g/mol. The molecular weight excluding hydrogens is 238 g/mol. The number of hydrogen-bond donors (Lipinski definition) is 1. The summed E-state index contributed by atoms with van der Waals surface area (Å²) < 4.78 is 11.5. The number of ether oxygens (including phenoxy) is 2. The van der Waals surface area contributed by atoms with Crippen LogP contribution in [0.3, 0.4) is 0 Å². The van der Waals surface area contributed by atoms with Crippen LogP contribution in [0.1, 0.15) is 44.9 Å². The SMILES string of the molecule is COc1ccc(C2CNCC(C)O2)cc1C(C)(C)C. The zero-order chi connectivity index (χ0) is 14.0. The van der Waals surface area contributed by atoms with Gasteiger partial charge < -0.3 is 14.8 Å². The maximum Gasteiger partial charge on any atom is 0.122 e. The van der Waals surface area contributed by atoms with Crippen molar-refractivity contribution < 1.29 is 9.47 Å². The van der Waals surface area contributed by atoms with E-state index in [4.69, 9.17) is 9.47 Å². The molecule has 1 aromatic carbocycles. The van der Waals surface area contributed by atoms with Crippen molar-refractivity contribution >= 4 is 0 Å². The molecule has 0 spiro atoms. The van der Waals surface area contributed by atoms with E-state index in [0.29, 0.717) is 0 Å². The third-order valence-electron chi connectivity index (χ3n) is 3.56. The monoisotopic (exact) mass is 263 g/mol. The van der Waals surface area contributed by atoms with E-state index in [1.165, 1.54) is 11.1 Å². The van der Waals surface area contributed by atoms with Crippen molar-refractivity contribution in [2.45, 2.75) is 45.3 Å². The highest BCUT2D eigenvalue weighted by Crippen LogP contribution is 2.34. The van der Waals surface area contributed by atoms with Crippen molar-refractivity contribution in [1.82, 2.24) is 5.32 Å². The Morgan fingerprint density at radius 2 is 2.00 bits per heavy atom. The zero-order valence-corrected chi connectivity index (χ0v) is 12.6. The van der Waals surface area contributed by atoms with Crippen molar-refractivity contribution in [2.24, 2.45) is 0 Å². The lowest BCUT2D eigenvalue weighted by atomic mass is 9.84. The van der Waals surface area contributed by atoms with E-state index in [1.807, 2.05) is 0 Å². The van der Waals surface area contributed by atoms with Gasteiger partial charge in [0.2, 0.25) is 0 Å². The molecule has 0 aromatic heterocycles. The first-order chi connectivity index (χ1) is 8.91. The maximum absolute atomic E-state index is 6.01. The second kappa shape index (κ2) is 5.51. The fourth-order valence-corrected chi connectivity index (χ4v) is 2.50. The lowest BCUT2D eigenvalue weighted by Crippen LogP contribution is -2.39. The van der Waals surface area contributed by atoms with Gasteiger partial charge in [-0.3, -0.25) is 0 Å². The molecule has 1 aliphatic rings. The Bertz CT molecular complexity index is 437. The van der Waals surface area contributed by atoms with E-state index in [2.05, 4.69) is 51.2 Å². The van der Waals surface area contributed by atoms with Crippen LogP contribution >= 0.6 is 0 Å². The summed E-state index contributed by atoms with van der Waals surface area (Å²) in [4.78, 5) is 0. The number of methoxy groups -OCH3 is 1. The van der Waals surface area contributed by atoms with Crippen LogP contribution in [0, 0.1) is 0 Å². The molecule has 19 heavy (non-hydrogen) atoms. The Labute approximate surface area is 116 Å². The van der Waals surface area contributed by atoms with Crippen LogP contribution < -0.4 is 10.1 Å². The molecule has 3 heteroatoms. The van der Waals surface area contributed by atoms with Gasteiger partial charge >= 0.3 is 0 Å². The summed E-state index contributed by atoms with van der Waals surface area (Å²) in [6.07, 6.45) is 0.398. The predicted molar refractivity (Wildman–Crippen MR) is 77.9 cm³/mol. The highest BCUT2D eigenvalue weighted by atomic mass is 16.5. The number of morpholine rings is 1. The smallest absolute Gasteiger partial charge is 0.122 e. The Balaban J connectivity index is 2.32. The van der Waals surface area contributed by atoms with Crippen molar-refractivity contribution in [3.05, 3.63) is 29.3 Å². The molecule has 1 heterocycles. The number of hydrogen-bond acceptors (Lipinski definition) is 3. The largest absolute Gasteiger partial charge is 0.496 e. The zero-order valence-electron chi connectivity index (χ0n) is 12.6. The van der Waals surface area contributed by atoms with Gasteiger partial charge in [-0.05, 0) is 35.6 Å². The minimum absolute atomic E-state index is 0.0645. The van der Waals surface area contributed by atoms with Gasteiger partial charge in [-0.25, -0.2) is 0 Å². The second-order valence-electron chi connectivity index (χ2n) is 6.30. The molecule has 0 aliphatic carbocycles. The molecule has 0 bridgehead atoms. The standard InChI is InChI=1S/C16H25NO2/c1-11-9-17-10-15(19-11)12-6-7-14(18-5)13(8-12)16(2,3)4/h6-8,11,15,17H,9-10H2,1-5H3. The van der Waals surface area contributed by atoms with Gasteiger partial charge in [0, 0.05) is 13.1 Å². The second-order valence-corrected chi connectivity index (χ2v) is 6.30. The molecule has 106 valence electrons. The minimum atomic E-state index is 0.0645. The highest BCUT2D eigenvalue weighted by Gasteiger charge is 2.24. The topological polar surface area (TPSA) is 30.5 Å². The van der Waals surface area contributed by atoms with Gasteiger partial charge in [0.05, 0.1) is 19.3 Å². The first-order valence-electron chi connectivity index (χ1n) is 6.96. The Hall–Kier alpha value is -1.06. The lowest BCUT2D eigenvalue weighted by Gasteiger charge is -2.30. The van der Waals surface area contributed by atoms with Crippen molar-refractivity contribution in [3.63, 3.8) is 0 Å². The fourth-order valence-electron chi connectivity index (χ4n) is 2.50. The van der Waals surface area contributed by atoms with Gasteiger partial charge in [-0.2, -0.15) is 0 Å². The Kier molecular flexibility index (Phi) is 4.16. The summed E-state index contributed by atoms with van der Waals surface area (Å²) in [5.74, 6) is 0.952. The van der Waals surface area contributed by atoms with E-state index >= 15 is 0 Å². The van der Waals surface area contributed by atoms with Crippen LogP contribution in [0.25, 0.3) is 0 Å². The van der Waals surface area contributed by atoms with Crippen LogP contribution in [0.5, 0.6) is 5.75 Å². The average Bonchev–Trinajstić information content (AvgIpc) is 2.37. The van der Waals surface area contributed by atoms with Crippen LogP contribution in [0.2, 0.25) is 0 Å². The molecule has 0 radical (unpaired) electrons. The van der Waals surface area contributed by atoms with E-state index in [1.54, 1.807) is 7.11 Å². The Morgan fingerprint density at radius 1 is 1.26 bits per heavy atom. The molecule has 0 amide bonds. The quantitative estimate of drug-likeness (QED) is 0.889. The van der Waals surface area contributed by atoms with Crippen molar-refractivity contribution in [2.75, 3.05) is 20.2 Å². The van der Waals surface area contributed by atoms with E-state index < -0.39 is 0 Å². The number of nitrogens with one attached hydrogen (secondary N) is 1. The fraction of sp³-hybridized carbons (Fsp3) is 0.625. The van der Waals surface area contributed by atoms with E-state index in [9.17, 15) is 0 Å². The predicted octanol–water partition coefficient (Wildman–Crippen LogP) is 3.04.